The van der Waals surface area contributed by atoms with Gasteiger partial charge in [0.1, 0.15) is 6.04 Å². The fourth-order valence-corrected chi connectivity index (χ4v) is 5.22. The monoisotopic (exact) mass is 529 g/mol. The minimum absolute atomic E-state index is 0.0154. The number of aryl methyl sites for hydroxylation is 2. The van der Waals surface area contributed by atoms with Gasteiger partial charge in [-0.1, -0.05) is 24.6 Å². The largest absolute Gasteiger partial charge is 0.351 e. The highest BCUT2D eigenvalue weighted by Crippen LogP contribution is 2.43. The summed E-state index contributed by atoms with van der Waals surface area (Å²) in [6, 6.07) is 21.8. The molecule has 0 unspecified atom stereocenters. The van der Waals surface area contributed by atoms with Gasteiger partial charge in [0.2, 0.25) is 5.91 Å². The summed E-state index contributed by atoms with van der Waals surface area (Å²) >= 11 is 12.2. The van der Waals surface area contributed by atoms with Crippen molar-refractivity contribution in [3.8, 4) is 5.69 Å². The number of anilines is 2. The molecule has 0 aliphatic carbocycles. The van der Waals surface area contributed by atoms with Crippen LogP contribution in [0.1, 0.15) is 47.9 Å². The fraction of sp³-hybridized carbons (Fsp3) is 0.207. The van der Waals surface area contributed by atoms with Crippen molar-refractivity contribution in [2.45, 2.75) is 39.3 Å². The van der Waals surface area contributed by atoms with Gasteiger partial charge < -0.3 is 20.1 Å². The normalized spacial score (nSPS) is 17.1. The van der Waals surface area contributed by atoms with E-state index in [0.717, 1.165) is 44.6 Å². The molecule has 1 fully saturated rings. The van der Waals surface area contributed by atoms with Crippen molar-refractivity contribution in [2.75, 3.05) is 10.2 Å². The van der Waals surface area contributed by atoms with Gasteiger partial charge in [-0.2, -0.15) is 0 Å². The van der Waals surface area contributed by atoms with Crippen molar-refractivity contribution in [2.24, 2.45) is 0 Å². The maximum absolute atomic E-state index is 12.0. The molecule has 1 aliphatic heterocycles. The predicted molar refractivity (Wildman–Crippen MR) is 154 cm³/mol. The van der Waals surface area contributed by atoms with Crippen LogP contribution in [-0.4, -0.2) is 20.6 Å². The van der Waals surface area contributed by atoms with Gasteiger partial charge in [-0.15, -0.1) is 0 Å². The van der Waals surface area contributed by atoms with Gasteiger partial charge in [-0.25, -0.2) is 0 Å². The number of carbonyl (C=O) groups excluding carboxylic acids is 1. The summed E-state index contributed by atoms with van der Waals surface area (Å²) in [5.74, 6) is -0.0154. The molecule has 1 saturated heterocycles. The van der Waals surface area contributed by atoms with E-state index < -0.39 is 0 Å². The van der Waals surface area contributed by atoms with Gasteiger partial charge in [-0.3, -0.25) is 9.78 Å². The first-order chi connectivity index (χ1) is 17.9. The molecule has 2 aromatic carbocycles. The molecule has 2 N–H and O–H groups in total. The zero-order chi connectivity index (χ0) is 26.1. The smallest absolute Gasteiger partial charge is 0.224 e. The number of rotatable bonds is 6. The number of amides is 1. The number of carbonyl (C=O) groups is 1. The maximum atomic E-state index is 12.0. The van der Waals surface area contributed by atoms with Crippen LogP contribution in [0.2, 0.25) is 5.02 Å². The lowest BCUT2D eigenvalue weighted by molar-refractivity contribution is -0.115. The summed E-state index contributed by atoms with van der Waals surface area (Å²) in [6.07, 6.45) is 4.29. The topological polar surface area (TPSA) is 62.2 Å². The molecule has 188 valence electrons. The second-order valence-corrected chi connectivity index (χ2v) is 9.93. The molecule has 2 aromatic heterocycles. The number of pyridine rings is 1. The number of nitrogens with zero attached hydrogens (tertiary/aromatic N) is 3. The first-order valence-corrected chi connectivity index (χ1v) is 13.0. The molecular formula is C29H28ClN5OS. The Bertz CT molecular complexity index is 1470. The number of thiocarbonyl (C=S) groups is 1. The Kier molecular flexibility index (Phi) is 7.00. The standard InChI is InChI=1S/C29H28ClN5OS/c1-4-26(36)32-23-13-11-21(17-19(23)3)35-28(27(33-29(35)37)24-8-5-6-14-31-24)25-9-7-15-34(25)20-10-12-22(30)18(2)16-20/h5-17,27-28H,4H2,1-3H3,(H,32,36)(H,33,37)/t27-,28+/m1/s1. The number of hydrogen-bond acceptors (Lipinski definition) is 3. The lowest BCUT2D eigenvalue weighted by atomic mass is 10.00. The molecule has 8 heteroatoms. The van der Waals surface area contributed by atoms with Gasteiger partial charge >= 0.3 is 0 Å². The third-order valence-electron chi connectivity index (χ3n) is 6.68. The van der Waals surface area contributed by atoms with Crippen LogP contribution >= 0.6 is 23.8 Å². The van der Waals surface area contributed by atoms with Gasteiger partial charge in [0, 0.05) is 46.6 Å². The van der Waals surface area contributed by atoms with Crippen molar-refractivity contribution in [1.29, 1.82) is 0 Å². The molecule has 5 rings (SSSR count). The average molecular weight is 530 g/mol. The molecule has 0 radical (unpaired) electrons. The molecule has 1 amide bonds. The van der Waals surface area contributed by atoms with Crippen LogP contribution in [0.4, 0.5) is 11.4 Å². The van der Waals surface area contributed by atoms with Crippen LogP contribution in [0, 0.1) is 13.8 Å². The van der Waals surface area contributed by atoms with Crippen LogP contribution in [0.25, 0.3) is 5.69 Å². The highest BCUT2D eigenvalue weighted by atomic mass is 35.5. The lowest BCUT2D eigenvalue weighted by Crippen LogP contribution is -2.30. The number of nitrogens with one attached hydrogen (secondary N) is 2. The second-order valence-electron chi connectivity index (χ2n) is 9.13. The molecule has 6 nitrogen and oxygen atoms in total. The minimum atomic E-state index is -0.177. The highest BCUT2D eigenvalue weighted by Gasteiger charge is 2.42. The SMILES string of the molecule is CCC(=O)Nc1ccc(N2C(=S)N[C@H](c3ccccn3)[C@@H]2c2cccn2-c2ccc(Cl)c(C)c2)cc1C. The van der Waals surface area contributed by atoms with Crippen molar-refractivity contribution in [3.05, 3.63) is 107 Å². The molecule has 4 aromatic rings. The van der Waals surface area contributed by atoms with Crippen LogP contribution in [0.15, 0.2) is 79.1 Å². The molecule has 3 heterocycles. The molecule has 1 aliphatic rings. The number of halogens is 1. The van der Waals surface area contributed by atoms with E-state index in [4.69, 9.17) is 23.8 Å². The zero-order valence-electron chi connectivity index (χ0n) is 20.9. The second kappa shape index (κ2) is 10.4. The van der Waals surface area contributed by atoms with Crippen molar-refractivity contribution in [1.82, 2.24) is 14.9 Å². The Balaban J connectivity index is 1.62. The van der Waals surface area contributed by atoms with Crippen LogP contribution in [0.3, 0.4) is 0 Å². The summed E-state index contributed by atoms with van der Waals surface area (Å²) in [5.41, 5.74) is 6.70. The minimum Gasteiger partial charge on any atom is -0.351 e. The Hall–Kier alpha value is -3.68. The summed E-state index contributed by atoms with van der Waals surface area (Å²) in [4.78, 5) is 18.8. The van der Waals surface area contributed by atoms with E-state index >= 15 is 0 Å². The third kappa shape index (κ3) is 4.84. The fourth-order valence-electron chi connectivity index (χ4n) is 4.76. The molecule has 37 heavy (non-hydrogen) atoms. The summed E-state index contributed by atoms with van der Waals surface area (Å²) in [5, 5.41) is 7.85. The predicted octanol–water partition coefficient (Wildman–Crippen LogP) is 6.67. The molecule has 0 spiro atoms. The van der Waals surface area contributed by atoms with E-state index in [2.05, 4.69) is 49.5 Å². The number of hydrogen-bond donors (Lipinski definition) is 2. The van der Waals surface area contributed by atoms with E-state index in [-0.39, 0.29) is 18.0 Å². The van der Waals surface area contributed by atoms with Crippen molar-refractivity contribution < 1.29 is 4.79 Å². The van der Waals surface area contributed by atoms with E-state index in [0.29, 0.717) is 11.5 Å². The quantitative estimate of drug-likeness (QED) is 0.273. The van der Waals surface area contributed by atoms with Crippen LogP contribution in [0.5, 0.6) is 0 Å². The Morgan fingerprint density at radius 1 is 1.05 bits per heavy atom. The van der Waals surface area contributed by atoms with E-state index in [1.54, 1.807) is 6.20 Å². The Morgan fingerprint density at radius 2 is 1.84 bits per heavy atom. The molecule has 0 bridgehead atoms. The first-order valence-electron chi connectivity index (χ1n) is 12.2. The van der Waals surface area contributed by atoms with Crippen LogP contribution in [-0.2, 0) is 4.79 Å². The van der Waals surface area contributed by atoms with Crippen molar-refractivity contribution in [3.63, 3.8) is 0 Å². The molecule has 0 saturated carbocycles. The van der Waals surface area contributed by atoms with Crippen LogP contribution < -0.4 is 15.5 Å². The first kappa shape index (κ1) is 25.0. The van der Waals surface area contributed by atoms with E-state index in [9.17, 15) is 4.79 Å². The highest BCUT2D eigenvalue weighted by molar-refractivity contribution is 7.80. The lowest BCUT2D eigenvalue weighted by Gasteiger charge is -2.29. The van der Waals surface area contributed by atoms with Gasteiger partial charge in [0.05, 0.1) is 11.7 Å². The summed E-state index contributed by atoms with van der Waals surface area (Å²) < 4.78 is 2.18. The average Bonchev–Trinajstić information content (AvgIpc) is 3.51. The number of benzene rings is 2. The third-order valence-corrected chi connectivity index (χ3v) is 7.42. The maximum Gasteiger partial charge on any atom is 0.224 e. The number of aromatic nitrogens is 2. The van der Waals surface area contributed by atoms with Gasteiger partial charge in [0.15, 0.2) is 5.11 Å². The van der Waals surface area contributed by atoms with E-state index in [1.165, 1.54) is 0 Å². The Labute approximate surface area is 227 Å². The molecule has 2 atom stereocenters. The van der Waals surface area contributed by atoms with Gasteiger partial charge in [0.25, 0.3) is 0 Å². The zero-order valence-corrected chi connectivity index (χ0v) is 22.5. The summed E-state index contributed by atoms with van der Waals surface area (Å²) in [6.45, 7) is 5.84. The van der Waals surface area contributed by atoms with Crippen molar-refractivity contribution >= 4 is 46.2 Å². The summed E-state index contributed by atoms with van der Waals surface area (Å²) in [7, 11) is 0. The van der Waals surface area contributed by atoms with Gasteiger partial charge in [-0.05, 0) is 97.9 Å². The Morgan fingerprint density at radius 3 is 2.54 bits per heavy atom. The van der Waals surface area contributed by atoms with E-state index in [1.807, 2.05) is 69.3 Å². The molecular weight excluding hydrogens is 502 g/mol.